The first kappa shape index (κ1) is 12.7. The molecule has 0 spiro atoms. The molecular weight excluding hydrogens is 252 g/mol. The maximum absolute atomic E-state index is 5.95. The summed E-state index contributed by atoms with van der Waals surface area (Å²) >= 11 is 11.0. The highest BCUT2D eigenvalue weighted by Gasteiger charge is 2.36. The SMILES string of the molecule is CCCC1CC1Nc1ccc(Cl)cc1C(N)=S. The van der Waals surface area contributed by atoms with Crippen molar-refractivity contribution in [1.29, 1.82) is 0 Å². The molecular formula is C13H17ClN2S. The fourth-order valence-corrected chi connectivity index (χ4v) is 2.50. The monoisotopic (exact) mass is 268 g/mol. The molecule has 0 amide bonds. The summed E-state index contributed by atoms with van der Waals surface area (Å²) in [4.78, 5) is 0.391. The van der Waals surface area contributed by atoms with Crippen molar-refractivity contribution in [1.82, 2.24) is 0 Å². The van der Waals surface area contributed by atoms with Gasteiger partial charge in [-0.25, -0.2) is 0 Å². The van der Waals surface area contributed by atoms with E-state index in [1.807, 2.05) is 18.2 Å². The van der Waals surface area contributed by atoms with Crippen LogP contribution in [0.2, 0.25) is 5.02 Å². The molecule has 1 aromatic rings. The lowest BCUT2D eigenvalue weighted by Crippen LogP contribution is -2.14. The largest absolute Gasteiger partial charge is 0.389 e. The van der Waals surface area contributed by atoms with Crippen LogP contribution in [0.1, 0.15) is 31.7 Å². The molecule has 3 N–H and O–H groups in total. The van der Waals surface area contributed by atoms with E-state index in [0.717, 1.165) is 17.2 Å². The maximum Gasteiger partial charge on any atom is 0.106 e. The van der Waals surface area contributed by atoms with Gasteiger partial charge in [0.05, 0.1) is 0 Å². The van der Waals surface area contributed by atoms with Crippen LogP contribution in [0.4, 0.5) is 5.69 Å². The van der Waals surface area contributed by atoms with Gasteiger partial charge in [-0.3, -0.25) is 0 Å². The first-order chi connectivity index (χ1) is 8.11. The molecule has 1 saturated carbocycles. The van der Waals surface area contributed by atoms with Crippen molar-refractivity contribution in [2.75, 3.05) is 5.32 Å². The zero-order valence-corrected chi connectivity index (χ0v) is 11.4. The highest BCUT2D eigenvalue weighted by molar-refractivity contribution is 7.80. The van der Waals surface area contributed by atoms with Crippen LogP contribution in [0.5, 0.6) is 0 Å². The Morgan fingerprint density at radius 2 is 2.35 bits per heavy atom. The van der Waals surface area contributed by atoms with E-state index in [2.05, 4.69) is 12.2 Å². The van der Waals surface area contributed by atoms with Crippen LogP contribution < -0.4 is 11.1 Å². The van der Waals surface area contributed by atoms with E-state index in [-0.39, 0.29) is 0 Å². The minimum atomic E-state index is 0.391. The molecule has 0 radical (unpaired) electrons. The fourth-order valence-electron chi connectivity index (χ4n) is 2.16. The molecule has 2 unspecified atom stereocenters. The number of nitrogens with two attached hydrogens (primary N) is 1. The minimum absolute atomic E-state index is 0.391. The van der Waals surface area contributed by atoms with E-state index in [0.29, 0.717) is 16.1 Å². The minimum Gasteiger partial charge on any atom is -0.389 e. The van der Waals surface area contributed by atoms with E-state index < -0.39 is 0 Å². The molecule has 4 heteroatoms. The third-order valence-electron chi connectivity index (χ3n) is 3.17. The summed E-state index contributed by atoms with van der Waals surface area (Å²) in [6, 6.07) is 6.22. The number of thiocarbonyl (C=S) groups is 1. The normalized spacial score (nSPS) is 22.2. The molecule has 92 valence electrons. The molecule has 2 rings (SSSR count). The summed E-state index contributed by atoms with van der Waals surface area (Å²) in [6.07, 6.45) is 3.77. The van der Waals surface area contributed by atoms with Crippen molar-refractivity contribution in [3.8, 4) is 0 Å². The van der Waals surface area contributed by atoms with Gasteiger partial charge in [0.2, 0.25) is 0 Å². The van der Waals surface area contributed by atoms with Gasteiger partial charge in [-0.15, -0.1) is 0 Å². The summed E-state index contributed by atoms with van der Waals surface area (Å²) < 4.78 is 0. The molecule has 1 fully saturated rings. The predicted molar refractivity (Wildman–Crippen MR) is 77.8 cm³/mol. The maximum atomic E-state index is 5.95. The lowest BCUT2D eigenvalue weighted by atomic mass is 10.1. The molecule has 0 aromatic heterocycles. The van der Waals surface area contributed by atoms with E-state index in [1.165, 1.54) is 19.3 Å². The van der Waals surface area contributed by atoms with Crippen LogP contribution in [0, 0.1) is 5.92 Å². The van der Waals surface area contributed by atoms with Gasteiger partial charge < -0.3 is 11.1 Å². The number of rotatable bonds is 5. The Balaban J connectivity index is 2.08. The highest BCUT2D eigenvalue weighted by atomic mass is 35.5. The highest BCUT2D eigenvalue weighted by Crippen LogP contribution is 2.38. The average molecular weight is 269 g/mol. The Hall–Kier alpha value is -0.800. The van der Waals surface area contributed by atoms with Gasteiger partial charge >= 0.3 is 0 Å². The number of nitrogens with one attached hydrogen (secondary N) is 1. The molecule has 0 heterocycles. The van der Waals surface area contributed by atoms with E-state index in [9.17, 15) is 0 Å². The predicted octanol–water partition coefficient (Wildman–Crippen LogP) is 3.57. The Morgan fingerprint density at radius 1 is 1.59 bits per heavy atom. The number of halogens is 1. The first-order valence-electron chi connectivity index (χ1n) is 5.97. The lowest BCUT2D eigenvalue weighted by Gasteiger charge is -2.11. The standard InChI is InChI=1S/C13H17ClN2S/c1-2-3-8-6-12(8)16-11-5-4-9(14)7-10(11)13(15)17/h4-5,7-8,12,16H,2-3,6H2,1H3,(H2,15,17). The van der Waals surface area contributed by atoms with Gasteiger partial charge in [-0.2, -0.15) is 0 Å². The van der Waals surface area contributed by atoms with E-state index in [4.69, 9.17) is 29.6 Å². The molecule has 1 aliphatic rings. The van der Waals surface area contributed by atoms with Gasteiger partial charge in [0, 0.05) is 22.3 Å². The van der Waals surface area contributed by atoms with Crippen molar-refractivity contribution in [3.05, 3.63) is 28.8 Å². The zero-order valence-electron chi connectivity index (χ0n) is 9.87. The fraction of sp³-hybridized carbons (Fsp3) is 0.462. The van der Waals surface area contributed by atoms with Crippen LogP contribution in [0.15, 0.2) is 18.2 Å². The van der Waals surface area contributed by atoms with Gasteiger partial charge in [-0.1, -0.05) is 37.2 Å². The second-order valence-corrected chi connectivity index (χ2v) is 5.47. The van der Waals surface area contributed by atoms with Gasteiger partial charge in [0.15, 0.2) is 0 Å². The van der Waals surface area contributed by atoms with Crippen LogP contribution in [-0.2, 0) is 0 Å². The summed E-state index contributed by atoms with van der Waals surface area (Å²) in [5.41, 5.74) is 7.55. The van der Waals surface area contributed by atoms with Crippen LogP contribution in [-0.4, -0.2) is 11.0 Å². The topological polar surface area (TPSA) is 38.0 Å². The van der Waals surface area contributed by atoms with Crippen molar-refractivity contribution in [3.63, 3.8) is 0 Å². The smallest absolute Gasteiger partial charge is 0.106 e. The van der Waals surface area contributed by atoms with Crippen molar-refractivity contribution >= 4 is 34.5 Å². The van der Waals surface area contributed by atoms with Crippen molar-refractivity contribution in [2.45, 2.75) is 32.2 Å². The number of benzene rings is 1. The van der Waals surface area contributed by atoms with E-state index >= 15 is 0 Å². The summed E-state index contributed by atoms with van der Waals surface area (Å²) in [5.74, 6) is 0.801. The summed E-state index contributed by atoms with van der Waals surface area (Å²) in [7, 11) is 0. The van der Waals surface area contributed by atoms with Gasteiger partial charge in [0.25, 0.3) is 0 Å². The van der Waals surface area contributed by atoms with Crippen molar-refractivity contribution in [2.24, 2.45) is 11.7 Å². The summed E-state index contributed by atoms with van der Waals surface area (Å²) in [5, 5.41) is 4.17. The first-order valence-corrected chi connectivity index (χ1v) is 6.76. The molecule has 0 aliphatic heterocycles. The van der Waals surface area contributed by atoms with Gasteiger partial charge in [0.1, 0.15) is 4.99 Å². The molecule has 0 bridgehead atoms. The summed E-state index contributed by atoms with van der Waals surface area (Å²) in [6.45, 7) is 2.22. The molecule has 2 nitrogen and oxygen atoms in total. The Morgan fingerprint density at radius 3 is 3.00 bits per heavy atom. The second-order valence-electron chi connectivity index (χ2n) is 4.59. The zero-order chi connectivity index (χ0) is 12.4. The molecule has 0 saturated heterocycles. The molecule has 2 atom stereocenters. The van der Waals surface area contributed by atoms with Crippen LogP contribution >= 0.6 is 23.8 Å². The third kappa shape index (κ3) is 3.11. The molecule has 1 aromatic carbocycles. The lowest BCUT2D eigenvalue weighted by molar-refractivity contribution is 0.693. The van der Waals surface area contributed by atoms with Crippen LogP contribution in [0.25, 0.3) is 0 Å². The molecule has 1 aliphatic carbocycles. The average Bonchev–Trinajstić information content (AvgIpc) is 2.99. The Kier molecular flexibility index (Phi) is 3.89. The van der Waals surface area contributed by atoms with Gasteiger partial charge in [-0.05, 0) is 37.0 Å². The Bertz CT molecular complexity index is 433. The number of anilines is 1. The van der Waals surface area contributed by atoms with E-state index in [1.54, 1.807) is 0 Å². The van der Waals surface area contributed by atoms with Crippen molar-refractivity contribution < 1.29 is 0 Å². The van der Waals surface area contributed by atoms with Crippen LogP contribution in [0.3, 0.4) is 0 Å². The Labute approximate surface area is 113 Å². The number of hydrogen-bond donors (Lipinski definition) is 2. The second kappa shape index (κ2) is 5.23. The number of hydrogen-bond acceptors (Lipinski definition) is 2. The quantitative estimate of drug-likeness (QED) is 0.802. The third-order valence-corrected chi connectivity index (χ3v) is 3.63. The molecule has 17 heavy (non-hydrogen) atoms.